The summed E-state index contributed by atoms with van der Waals surface area (Å²) in [6.07, 6.45) is 3.28. The number of hydrogen-bond donors (Lipinski definition) is 1. The third kappa shape index (κ3) is 6.40. The third-order valence-corrected chi connectivity index (χ3v) is 5.36. The van der Waals surface area contributed by atoms with Crippen molar-refractivity contribution in [2.24, 2.45) is 10.9 Å². The van der Waals surface area contributed by atoms with Crippen molar-refractivity contribution in [3.05, 3.63) is 30.3 Å². The van der Waals surface area contributed by atoms with Gasteiger partial charge >= 0.3 is 0 Å². The number of para-hydroxylation sites is 1. The van der Waals surface area contributed by atoms with Gasteiger partial charge in [-0.15, -0.1) is 0 Å². The molecule has 0 radical (unpaired) electrons. The second kappa shape index (κ2) is 11.1. The van der Waals surface area contributed by atoms with Gasteiger partial charge in [0.15, 0.2) is 5.96 Å². The Morgan fingerprint density at radius 3 is 2.59 bits per heavy atom. The van der Waals surface area contributed by atoms with Crippen molar-refractivity contribution in [2.45, 2.75) is 19.3 Å². The van der Waals surface area contributed by atoms with E-state index in [1.807, 2.05) is 7.05 Å². The lowest BCUT2D eigenvalue weighted by molar-refractivity contribution is 0.0203. The fourth-order valence-electron chi connectivity index (χ4n) is 3.69. The molecule has 0 amide bonds. The van der Waals surface area contributed by atoms with Crippen LogP contribution in [0.3, 0.4) is 0 Å². The molecule has 0 aromatic heterocycles. The van der Waals surface area contributed by atoms with Gasteiger partial charge in [0.1, 0.15) is 0 Å². The molecule has 1 N–H and O–H groups in total. The lowest BCUT2D eigenvalue weighted by Gasteiger charge is -2.37. The van der Waals surface area contributed by atoms with E-state index in [9.17, 15) is 0 Å². The Balaban J connectivity index is 1.29. The van der Waals surface area contributed by atoms with E-state index in [-0.39, 0.29) is 0 Å². The zero-order valence-electron chi connectivity index (χ0n) is 16.6. The van der Waals surface area contributed by atoms with Crippen molar-refractivity contribution in [1.29, 1.82) is 0 Å². The highest BCUT2D eigenvalue weighted by atomic mass is 16.5. The van der Waals surface area contributed by atoms with Gasteiger partial charge in [0.05, 0.1) is 0 Å². The summed E-state index contributed by atoms with van der Waals surface area (Å²) in [5.74, 6) is 1.69. The van der Waals surface area contributed by atoms with E-state index >= 15 is 0 Å². The predicted octanol–water partition coefficient (Wildman–Crippen LogP) is 2.22. The van der Waals surface area contributed by atoms with Crippen LogP contribution in [0.5, 0.6) is 0 Å². The maximum atomic E-state index is 5.84. The van der Waals surface area contributed by atoms with Crippen molar-refractivity contribution >= 4 is 11.6 Å². The topological polar surface area (TPSA) is 49.3 Å². The molecular weight excluding hydrogens is 340 g/mol. The standard InChI is InChI=1S/C21H34N4O2/c1-22-21(23-10-5-15-27-18-19-8-16-26-17-9-19)25-13-11-24(12-14-25)20-6-3-2-4-7-20/h2-4,6-7,19H,5,8-18H2,1H3,(H,22,23). The number of nitrogens with zero attached hydrogens (tertiary/aromatic N) is 3. The monoisotopic (exact) mass is 374 g/mol. The Morgan fingerprint density at radius 1 is 1.15 bits per heavy atom. The smallest absolute Gasteiger partial charge is 0.193 e. The molecule has 0 saturated carbocycles. The highest BCUT2D eigenvalue weighted by molar-refractivity contribution is 5.80. The lowest BCUT2D eigenvalue weighted by Crippen LogP contribution is -2.52. The Bertz CT molecular complexity index is 553. The molecule has 3 rings (SSSR count). The molecule has 2 aliphatic rings. The van der Waals surface area contributed by atoms with Gasteiger partial charge in [0, 0.05) is 71.9 Å². The van der Waals surface area contributed by atoms with Crippen LogP contribution < -0.4 is 10.2 Å². The Labute approximate surface area is 163 Å². The van der Waals surface area contributed by atoms with Crippen LogP contribution in [0.4, 0.5) is 5.69 Å². The first kappa shape index (κ1) is 20.0. The maximum Gasteiger partial charge on any atom is 0.193 e. The van der Waals surface area contributed by atoms with Crippen LogP contribution in [0, 0.1) is 5.92 Å². The molecule has 0 unspecified atom stereocenters. The van der Waals surface area contributed by atoms with E-state index in [2.05, 4.69) is 50.4 Å². The Hall–Kier alpha value is -1.79. The molecule has 2 fully saturated rings. The van der Waals surface area contributed by atoms with Gasteiger partial charge < -0.3 is 24.6 Å². The molecule has 0 bridgehead atoms. The highest BCUT2D eigenvalue weighted by Gasteiger charge is 2.19. The number of rotatable bonds is 7. The van der Waals surface area contributed by atoms with Gasteiger partial charge in [-0.3, -0.25) is 4.99 Å². The first-order valence-electron chi connectivity index (χ1n) is 10.3. The number of ether oxygens (including phenoxy) is 2. The number of hydrogen-bond acceptors (Lipinski definition) is 4. The van der Waals surface area contributed by atoms with Gasteiger partial charge in [0.25, 0.3) is 0 Å². The second-order valence-electron chi connectivity index (χ2n) is 7.27. The summed E-state index contributed by atoms with van der Waals surface area (Å²) in [4.78, 5) is 9.25. The molecule has 0 atom stereocenters. The van der Waals surface area contributed by atoms with Crippen molar-refractivity contribution < 1.29 is 9.47 Å². The van der Waals surface area contributed by atoms with Crippen molar-refractivity contribution in [2.75, 3.05) is 71.1 Å². The summed E-state index contributed by atoms with van der Waals surface area (Å²) >= 11 is 0. The molecule has 0 aliphatic carbocycles. The van der Waals surface area contributed by atoms with Crippen molar-refractivity contribution in [3.8, 4) is 0 Å². The van der Waals surface area contributed by atoms with Gasteiger partial charge in [-0.2, -0.15) is 0 Å². The van der Waals surface area contributed by atoms with E-state index in [1.165, 1.54) is 5.69 Å². The van der Waals surface area contributed by atoms with Crippen LogP contribution in [0.15, 0.2) is 35.3 Å². The minimum atomic E-state index is 0.681. The van der Waals surface area contributed by atoms with Crippen LogP contribution >= 0.6 is 0 Å². The molecule has 6 nitrogen and oxygen atoms in total. The lowest BCUT2D eigenvalue weighted by atomic mass is 10.0. The van der Waals surface area contributed by atoms with E-state index in [0.717, 1.165) is 84.4 Å². The summed E-state index contributed by atoms with van der Waals surface area (Å²) < 4.78 is 11.2. The SMILES string of the molecule is CN=C(NCCCOCC1CCOCC1)N1CCN(c2ccccc2)CC1. The molecule has 27 heavy (non-hydrogen) atoms. The van der Waals surface area contributed by atoms with Gasteiger partial charge in [0.2, 0.25) is 0 Å². The number of aliphatic imine (C=N–C) groups is 1. The van der Waals surface area contributed by atoms with E-state index in [1.54, 1.807) is 0 Å². The van der Waals surface area contributed by atoms with Crippen LogP contribution in [0.2, 0.25) is 0 Å². The molecule has 0 spiro atoms. The summed E-state index contributed by atoms with van der Waals surface area (Å²) in [6.45, 7) is 8.41. The fourth-order valence-corrected chi connectivity index (χ4v) is 3.69. The number of anilines is 1. The minimum Gasteiger partial charge on any atom is -0.381 e. The summed E-state index contributed by atoms with van der Waals surface area (Å²) in [5.41, 5.74) is 1.31. The number of benzene rings is 1. The predicted molar refractivity (Wildman–Crippen MR) is 111 cm³/mol. The average molecular weight is 375 g/mol. The van der Waals surface area contributed by atoms with E-state index < -0.39 is 0 Å². The summed E-state index contributed by atoms with van der Waals surface area (Å²) in [5, 5.41) is 3.49. The van der Waals surface area contributed by atoms with E-state index in [4.69, 9.17) is 9.47 Å². The molecule has 6 heteroatoms. The molecule has 1 aromatic rings. The summed E-state index contributed by atoms with van der Waals surface area (Å²) in [7, 11) is 1.87. The summed E-state index contributed by atoms with van der Waals surface area (Å²) in [6, 6.07) is 10.6. The largest absolute Gasteiger partial charge is 0.381 e. The second-order valence-corrected chi connectivity index (χ2v) is 7.27. The van der Waals surface area contributed by atoms with Gasteiger partial charge in [-0.25, -0.2) is 0 Å². The maximum absolute atomic E-state index is 5.84. The van der Waals surface area contributed by atoms with Crippen LogP contribution in [-0.2, 0) is 9.47 Å². The fraction of sp³-hybridized carbons (Fsp3) is 0.667. The van der Waals surface area contributed by atoms with Crippen LogP contribution in [0.25, 0.3) is 0 Å². The molecule has 1 aromatic carbocycles. The van der Waals surface area contributed by atoms with Crippen LogP contribution in [-0.4, -0.2) is 77.1 Å². The van der Waals surface area contributed by atoms with Crippen molar-refractivity contribution in [3.63, 3.8) is 0 Å². The van der Waals surface area contributed by atoms with Gasteiger partial charge in [-0.1, -0.05) is 18.2 Å². The molecular formula is C21H34N4O2. The minimum absolute atomic E-state index is 0.681. The molecule has 2 aliphatic heterocycles. The van der Waals surface area contributed by atoms with Crippen LogP contribution in [0.1, 0.15) is 19.3 Å². The molecule has 2 saturated heterocycles. The highest BCUT2D eigenvalue weighted by Crippen LogP contribution is 2.16. The normalized spacial score (nSPS) is 19.4. The average Bonchev–Trinajstić information content (AvgIpc) is 2.75. The third-order valence-electron chi connectivity index (χ3n) is 5.36. The molecule has 2 heterocycles. The Morgan fingerprint density at radius 2 is 1.89 bits per heavy atom. The zero-order chi connectivity index (χ0) is 18.7. The molecule has 150 valence electrons. The van der Waals surface area contributed by atoms with Gasteiger partial charge in [-0.05, 0) is 37.3 Å². The number of guanidine groups is 1. The first-order chi connectivity index (χ1) is 13.4. The number of nitrogens with one attached hydrogen (secondary N) is 1. The quantitative estimate of drug-likeness (QED) is 0.451. The first-order valence-corrected chi connectivity index (χ1v) is 10.3. The Kier molecular flexibility index (Phi) is 8.24. The van der Waals surface area contributed by atoms with E-state index in [0.29, 0.717) is 5.92 Å². The van der Waals surface area contributed by atoms with Crippen molar-refractivity contribution in [1.82, 2.24) is 10.2 Å². The zero-order valence-corrected chi connectivity index (χ0v) is 16.6. The number of piperazine rings is 1.